The molecule has 222 valence electrons. The van der Waals surface area contributed by atoms with Crippen molar-refractivity contribution in [1.82, 2.24) is 25.3 Å². The quantitative estimate of drug-likeness (QED) is 0.479. The van der Waals surface area contributed by atoms with E-state index < -0.39 is 0 Å². The summed E-state index contributed by atoms with van der Waals surface area (Å²) in [5.74, 6) is 0.331. The highest BCUT2D eigenvalue weighted by molar-refractivity contribution is 8.00. The minimum absolute atomic E-state index is 0.0859. The zero-order valence-electron chi connectivity index (χ0n) is 24.1. The van der Waals surface area contributed by atoms with Crippen molar-refractivity contribution in [3.8, 4) is 6.07 Å². The van der Waals surface area contributed by atoms with Crippen LogP contribution in [0.5, 0.6) is 0 Å². The lowest BCUT2D eigenvalue weighted by molar-refractivity contribution is -0.135. The van der Waals surface area contributed by atoms with Gasteiger partial charge in [-0.3, -0.25) is 20.3 Å². The van der Waals surface area contributed by atoms with Crippen LogP contribution in [0.4, 0.5) is 0 Å². The molecule has 6 rings (SSSR count). The minimum atomic E-state index is -0.233. The van der Waals surface area contributed by atoms with E-state index in [1.807, 2.05) is 22.7 Å². The van der Waals surface area contributed by atoms with Gasteiger partial charge < -0.3 is 14.5 Å². The van der Waals surface area contributed by atoms with E-state index in [2.05, 4.69) is 52.3 Å². The van der Waals surface area contributed by atoms with Crippen LogP contribution in [0, 0.1) is 17.2 Å². The third-order valence-electron chi connectivity index (χ3n) is 10.2. The Morgan fingerprint density at radius 1 is 1.27 bits per heavy atom. The Balaban J connectivity index is 1.21. The maximum Gasteiger partial charge on any atom is 0.246 e. The first kappa shape index (κ1) is 29.4. The van der Waals surface area contributed by atoms with Crippen LogP contribution in [0.25, 0.3) is 0 Å². The Morgan fingerprint density at radius 2 is 2.15 bits per heavy atom. The number of ether oxygens (including phenoxy) is 1. The summed E-state index contributed by atoms with van der Waals surface area (Å²) in [5.41, 5.74) is 1.31. The molecule has 1 aromatic rings. The van der Waals surface area contributed by atoms with Crippen LogP contribution in [0.15, 0.2) is 35.7 Å². The van der Waals surface area contributed by atoms with Crippen molar-refractivity contribution in [2.75, 3.05) is 39.8 Å². The largest absolute Gasteiger partial charge is 0.348 e. The molecule has 1 aliphatic carbocycles. The van der Waals surface area contributed by atoms with Gasteiger partial charge in [0.15, 0.2) is 6.35 Å². The number of likely N-dealkylation sites (N-methyl/N-ethyl adjacent to an activating group) is 1. The molecule has 1 aromatic carbocycles. The van der Waals surface area contributed by atoms with Crippen LogP contribution in [-0.2, 0) is 16.0 Å². The lowest BCUT2D eigenvalue weighted by Crippen LogP contribution is -2.72. The second-order valence-corrected chi connectivity index (χ2v) is 14.4. The molecular weight excluding hydrogens is 556 g/mol. The maximum atomic E-state index is 12.6. The number of halogens is 1. The van der Waals surface area contributed by atoms with Gasteiger partial charge in [0.05, 0.1) is 31.3 Å². The van der Waals surface area contributed by atoms with E-state index in [9.17, 15) is 10.1 Å². The Hall–Kier alpha value is -1.64. The first-order valence-corrected chi connectivity index (χ1v) is 16.4. The van der Waals surface area contributed by atoms with Crippen LogP contribution in [0.2, 0.25) is 5.02 Å². The summed E-state index contributed by atoms with van der Waals surface area (Å²) in [5, 5.41) is 18.2. The first-order chi connectivity index (χ1) is 19.9. The van der Waals surface area contributed by atoms with E-state index in [1.54, 1.807) is 0 Å². The van der Waals surface area contributed by atoms with Crippen LogP contribution < -0.4 is 10.6 Å². The summed E-state index contributed by atoms with van der Waals surface area (Å²) in [7, 11) is 2.19. The number of nitriles is 1. The molecule has 4 aliphatic heterocycles. The molecule has 4 fully saturated rings. The number of carbonyl (C=O) groups excluding carboxylic acids is 1. The predicted molar refractivity (Wildman–Crippen MR) is 162 cm³/mol. The first-order valence-electron chi connectivity index (χ1n) is 15.2. The highest BCUT2D eigenvalue weighted by atomic mass is 35.5. The number of likely N-dealkylation sites (tertiary alicyclic amines) is 1. The zero-order valence-corrected chi connectivity index (χ0v) is 25.6. The number of nitrogens with zero attached hydrogens (tertiary/aromatic N) is 4. The summed E-state index contributed by atoms with van der Waals surface area (Å²) in [4.78, 5) is 20.6. The monoisotopic (exact) mass is 598 g/mol. The predicted octanol–water partition coefficient (Wildman–Crippen LogP) is 3.81. The smallest absolute Gasteiger partial charge is 0.246 e. The summed E-state index contributed by atoms with van der Waals surface area (Å²) in [6, 6.07) is 9.28. The Bertz CT molecular complexity index is 1180. The van der Waals surface area contributed by atoms with Crippen LogP contribution in [0.1, 0.15) is 50.5 Å². The van der Waals surface area contributed by atoms with Crippen LogP contribution in [-0.4, -0.2) is 95.8 Å². The molecule has 0 bridgehead atoms. The molecule has 2 N–H and O–H groups in total. The number of nitrogens with one attached hydrogen (secondary N) is 2. The third kappa shape index (κ3) is 6.08. The molecule has 1 amide bonds. The van der Waals surface area contributed by atoms with E-state index >= 15 is 0 Å². The van der Waals surface area contributed by atoms with Crippen molar-refractivity contribution in [3.05, 3.63) is 41.4 Å². The lowest BCUT2D eigenvalue weighted by atomic mass is 9.73. The van der Waals surface area contributed by atoms with E-state index in [4.69, 9.17) is 16.3 Å². The van der Waals surface area contributed by atoms with Gasteiger partial charge in [0, 0.05) is 52.3 Å². The second kappa shape index (κ2) is 12.5. The van der Waals surface area contributed by atoms with E-state index in [0.717, 1.165) is 43.8 Å². The summed E-state index contributed by atoms with van der Waals surface area (Å²) < 4.78 is 6.76. The molecule has 6 unspecified atom stereocenters. The fourth-order valence-electron chi connectivity index (χ4n) is 7.89. The average Bonchev–Trinajstić information content (AvgIpc) is 3.39. The van der Waals surface area contributed by atoms with Crippen LogP contribution in [0.3, 0.4) is 0 Å². The number of hydrogen-bond acceptors (Lipinski definition) is 8. The van der Waals surface area contributed by atoms with Crippen LogP contribution >= 0.6 is 23.4 Å². The van der Waals surface area contributed by atoms with Crippen molar-refractivity contribution in [3.63, 3.8) is 0 Å². The van der Waals surface area contributed by atoms with Gasteiger partial charge >= 0.3 is 0 Å². The normalized spacial score (nSPS) is 36.0. The maximum absolute atomic E-state index is 12.6. The number of hydrogen-bond donors (Lipinski definition) is 2. The minimum Gasteiger partial charge on any atom is -0.348 e. The van der Waals surface area contributed by atoms with Gasteiger partial charge in [0.2, 0.25) is 5.91 Å². The molecule has 1 saturated carbocycles. The molecule has 4 heterocycles. The Labute approximate surface area is 253 Å². The fraction of sp³-hybridized carbons (Fsp3) is 0.677. The van der Waals surface area contributed by atoms with Crippen molar-refractivity contribution in [1.29, 1.82) is 5.26 Å². The number of piperazine rings is 1. The summed E-state index contributed by atoms with van der Waals surface area (Å²) in [6.07, 6.45) is 9.54. The van der Waals surface area contributed by atoms with Gasteiger partial charge in [-0.1, -0.05) is 24.2 Å². The standard InChI is InChI=1S/C31H43ClN6O2S/c1-3-28(39)38-17-16-37(19-21(38)11-14-33)29-24-10-13-31(12-9-23-25(32)7-4-8-27(23)41-31)18-26(24)34-30(35-29)40-20-22-6-5-15-36(22)2/h3-4,7-8,21-22,24,26,29-30,34-35H,1,5-6,9-13,15-20H2,2H3/t21?,22?,24?,26?,29?,30?,31-/m0/s1. The van der Waals surface area contributed by atoms with E-state index in [0.29, 0.717) is 44.1 Å². The van der Waals surface area contributed by atoms with E-state index in [1.165, 1.54) is 35.8 Å². The average molecular weight is 599 g/mol. The number of rotatable bonds is 6. The van der Waals surface area contributed by atoms with Gasteiger partial charge in [-0.25, -0.2) is 0 Å². The SMILES string of the molecule is C=CC(=O)N1CCN(C2NC(OCC3CCCN3C)NC3C[C@]4(CCc5c(Cl)cccc5S4)CCC32)CC1CC#N. The van der Waals surface area contributed by atoms with Gasteiger partial charge in [-0.2, -0.15) is 5.26 Å². The number of amides is 1. The summed E-state index contributed by atoms with van der Waals surface area (Å²) in [6.45, 7) is 7.57. The van der Waals surface area contributed by atoms with Gasteiger partial charge in [0.1, 0.15) is 0 Å². The number of carbonyl (C=O) groups is 1. The number of thioether (sulfide) groups is 1. The molecule has 1 spiro atoms. The van der Waals surface area contributed by atoms with Crippen molar-refractivity contribution >= 4 is 29.3 Å². The molecule has 41 heavy (non-hydrogen) atoms. The van der Waals surface area contributed by atoms with Gasteiger partial charge in [-0.15, -0.1) is 11.8 Å². The lowest BCUT2D eigenvalue weighted by Gasteiger charge is -2.56. The van der Waals surface area contributed by atoms with Crippen molar-refractivity contribution < 1.29 is 9.53 Å². The van der Waals surface area contributed by atoms with Crippen molar-refractivity contribution in [2.45, 2.75) is 91.7 Å². The van der Waals surface area contributed by atoms with Crippen molar-refractivity contribution in [2.24, 2.45) is 5.92 Å². The van der Waals surface area contributed by atoms with E-state index in [-0.39, 0.29) is 29.2 Å². The number of fused-ring (bicyclic) bond motifs is 2. The Morgan fingerprint density at radius 3 is 2.93 bits per heavy atom. The molecule has 3 saturated heterocycles. The molecule has 7 atom stereocenters. The molecule has 0 radical (unpaired) electrons. The molecule has 8 nitrogen and oxygen atoms in total. The van der Waals surface area contributed by atoms with Gasteiger partial charge in [0.25, 0.3) is 0 Å². The second-order valence-electron chi connectivity index (χ2n) is 12.5. The molecular formula is C31H43ClN6O2S. The van der Waals surface area contributed by atoms with Gasteiger partial charge in [-0.05, 0) is 82.3 Å². The topological polar surface area (TPSA) is 83.9 Å². The third-order valence-corrected chi connectivity index (χ3v) is 12.2. The Kier molecular flexibility index (Phi) is 9.00. The molecule has 5 aliphatic rings. The zero-order chi connectivity index (χ0) is 28.6. The fourth-order valence-corrected chi connectivity index (χ4v) is 9.85. The number of benzene rings is 1. The molecule has 0 aromatic heterocycles. The summed E-state index contributed by atoms with van der Waals surface area (Å²) >= 11 is 8.61. The molecule has 10 heteroatoms. The highest BCUT2D eigenvalue weighted by Crippen LogP contribution is 2.54. The highest BCUT2D eigenvalue weighted by Gasteiger charge is 2.50.